The van der Waals surface area contributed by atoms with Gasteiger partial charge in [-0.15, -0.1) is 10.2 Å². The van der Waals surface area contributed by atoms with Crippen LogP contribution in [0, 0.1) is 0 Å². The normalized spacial score (nSPS) is 20.0. The van der Waals surface area contributed by atoms with Gasteiger partial charge in [0.1, 0.15) is 11.6 Å². The number of urea groups is 1. The lowest BCUT2D eigenvalue weighted by Crippen LogP contribution is -2.48. The van der Waals surface area contributed by atoms with E-state index in [1.165, 1.54) is 19.3 Å². The number of nitrogens with one attached hydrogen (secondary N) is 1. The minimum Gasteiger partial charge on any atom is -0.377 e. The molecule has 2 aromatic rings. The molecule has 2 aliphatic rings. The summed E-state index contributed by atoms with van der Waals surface area (Å²) in [5.74, 6) is 2.07. The van der Waals surface area contributed by atoms with E-state index in [4.69, 9.17) is 4.74 Å². The molecule has 1 unspecified atom stereocenters. The average molecular weight is 369 g/mol. The minimum atomic E-state index is -0.0391. The van der Waals surface area contributed by atoms with Crippen molar-refractivity contribution in [3.8, 4) is 0 Å². The Morgan fingerprint density at radius 1 is 1.15 bits per heavy atom. The molecule has 7 heteroatoms. The molecule has 1 aromatic carbocycles. The first kappa shape index (κ1) is 18.0. The summed E-state index contributed by atoms with van der Waals surface area (Å²) in [6.45, 7) is 3.27. The quantitative estimate of drug-likeness (QED) is 0.898. The number of hydrogen-bond acceptors (Lipinski definition) is 4. The van der Waals surface area contributed by atoms with Crippen molar-refractivity contribution in [3.63, 3.8) is 0 Å². The van der Waals surface area contributed by atoms with Gasteiger partial charge in [0.2, 0.25) is 0 Å². The molecule has 0 bridgehead atoms. The number of rotatable bonds is 4. The van der Waals surface area contributed by atoms with E-state index in [1.807, 2.05) is 35.2 Å². The number of nitrogens with zero attached hydrogens (tertiary/aromatic N) is 4. The van der Waals surface area contributed by atoms with Crippen LogP contribution in [0.2, 0.25) is 0 Å². The number of morpholine rings is 1. The molecular weight excluding hydrogens is 342 g/mol. The highest BCUT2D eigenvalue weighted by atomic mass is 16.5. The molecule has 2 amide bonds. The van der Waals surface area contributed by atoms with Crippen LogP contribution < -0.4 is 5.32 Å². The lowest BCUT2D eigenvalue weighted by Gasteiger charge is -2.35. The Labute approximate surface area is 159 Å². The molecule has 0 spiro atoms. The van der Waals surface area contributed by atoms with Gasteiger partial charge in [-0.1, -0.05) is 36.8 Å². The van der Waals surface area contributed by atoms with E-state index < -0.39 is 0 Å². The topological polar surface area (TPSA) is 72.3 Å². The fraction of sp³-hybridized carbons (Fsp3) is 0.550. The summed E-state index contributed by atoms with van der Waals surface area (Å²) in [5, 5.41) is 11.7. The average Bonchev–Trinajstić information content (AvgIpc) is 2.95. The Bertz CT molecular complexity index is 761. The maximum atomic E-state index is 12.8. The summed E-state index contributed by atoms with van der Waals surface area (Å²) in [5.41, 5.74) is 1.11. The second-order valence-electron chi connectivity index (χ2n) is 7.17. The van der Waals surface area contributed by atoms with Crippen LogP contribution >= 0.6 is 0 Å². The second-order valence-corrected chi connectivity index (χ2v) is 7.17. The van der Waals surface area contributed by atoms with Gasteiger partial charge in [0.05, 0.1) is 19.3 Å². The van der Waals surface area contributed by atoms with Crippen LogP contribution in [0.3, 0.4) is 0 Å². The van der Waals surface area contributed by atoms with Crippen molar-refractivity contribution in [2.75, 3.05) is 26.3 Å². The standard InChI is InChI=1S/C20H27N5O2/c26-20(24-13-14-27-15-17(24)16-7-3-1-4-8-16)21-11-10-19-23-22-18-9-5-2-6-12-25(18)19/h1,3-4,7-8,17H,2,5-6,9-15H2,(H,21,26). The van der Waals surface area contributed by atoms with Crippen LogP contribution in [0.25, 0.3) is 0 Å². The first-order valence-electron chi connectivity index (χ1n) is 9.91. The van der Waals surface area contributed by atoms with E-state index in [0.717, 1.165) is 30.2 Å². The molecule has 3 heterocycles. The van der Waals surface area contributed by atoms with Crippen molar-refractivity contribution in [2.24, 2.45) is 0 Å². The van der Waals surface area contributed by atoms with Gasteiger partial charge in [-0.25, -0.2) is 4.79 Å². The number of aryl methyl sites for hydroxylation is 1. The van der Waals surface area contributed by atoms with Gasteiger partial charge in [0.25, 0.3) is 0 Å². The number of amides is 2. The monoisotopic (exact) mass is 369 g/mol. The highest BCUT2D eigenvalue weighted by molar-refractivity contribution is 5.75. The second kappa shape index (κ2) is 8.52. The molecule has 1 N–H and O–H groups in total. The molecular formula is C20H27N5O2. The Kier molecular flexibility index (Phi) is 5.67. The minimum absolute atomic E-state index is 0.0377. The highest BCUT2D eigenvalue weighted by Gasteiger charge is 2.28. The third-order valence-electron chi connectivity index (χ3n) is 5.38. The number of carbonyl (C=O) groups excluding carboxylic acids is 1. The van der Waals surface area contributed by atoms with Crippen molar-refractivity contribution in [3.05, 3.63) is 47.5 Å². The Morgan fingerprint density at radius 3 is 2.93 bits per heavy atom. The van der Waals surface area contributed by atoms with E-state index in [0.29, 0.717) is 32.7 Å². The van der Waals surface area contributed by atoms with Gasteiger partial charge in [0, 0.05) is 32.5 Å². The summed E-state index contributed by atoms with van der Waals surface area (Å²) in [6, 6.07) is 10.00. The predicted molar refractivity (Wildman–Crippen MR) is 101 cm³/mol. The molecule has 1 aromatic heterocycles. The molecule has 2 aliphatic heterocycles. The van der Waals surface area contributed by atoms with Gasteiger partial charge >= 0.3 is 6.03 Å². The van der Waals surface area contributed by atoms with E-state index in [-0.39, 0.29) is 12.1 Å². The smallest absolute Gasteiger partial charge is 0.318 e. The van der Waals surface area contributed by atoms with Gasteiger partial charge in [-0.05, 0) is 18.4 Å². The third kappa shape index (κ3) is 4.13. The Morgan fingerprint density at radius 2 is 2.04 bits per heavy atom. The highest BCUT2D eigenvalue weighted by Crippen LogP contribution is 2.24. The van der Waals surface area contributed by atoms with Crippen molar-refractivity contribution >= 4 is 6.03 Å². The van der Waals surface area contributed by atoms with Crippen LogP contribution in [0.1, 0.15) is 42.5 Å². The van der Waals surface area contributed by atoms with Crippen molar-refractivity contribution in [2.45, 2.75) is 44.7 Å². The van der Waals surface area contributed by atoms with Gasteiger partial charge < -0.3 is 19.5 Å². The number of ether oxygens (including phenoxy) is 1. The zero-order valence-electron chi connectivity index (χ0n) is 15.6. The number of carbonyl (C=O) groups is 1. The lowest BCUT2D eigenvalue weighted by atomic mass is 10.1. The van der Waals surface area contributed by atoms with Gasteiger partial charge in [-0.3, -0.25) is 0 Å². The van der Waals surface area contributed by atoms with Crippen molar-refractivity contribution in [1.29, 1.82) is 0 Å². The fourth-order valence-electron chi connectivity index (χ4n) is 3.91. The molecule has 1 saturated heterocycles. The van der Waals surface area contributed by atoms with Crippen molar-refractivity contribution in [1.82, 2.24) is 25.0 Å². The van der Waals surface area contributed by atoms with Crippen LogP contribution in [0.5, 0.6) is 0 Å². The summed E-state index contributed by atoms with van der Waals surface area (Å²) in [6.07, 6.45) is 5.33. The molecule has 1 atom stereocenters. The largest absolute Gasteiger partial charge is 0.377 e. The molecule has 1 fully saturated rings. The van der Waals surface area contributed by atoms with Crippen LogP contribution in [0.4, 0.5) is 4.79 Å². The predicted octanol–water partition coefficient (Wildman–Crippen LogP) is 2.33. The zero-order chi connectivity index (χ0) is 18.5. The van der Waals surface area contributed by atoms with Gasteiger partial charge in [0.15, 0.2) is 0 Å². The van der Waals surface area contributed by atoms with E-state index in [1.54, 1.807) is 0 Å². The number of fused-ring (bicyclic) bond motifs is 1. The molecule has 4 rings (SSSR count). The maximum absolute atomic E-state index is 12.8. The molecule has 27 heavy (non-hydrogen) atoms. The molecule has 144 valence electrons. The maximum Gasteiger partial charge on any atom is 0.318 e. The zero-order valence-corrected chi connectivity index (χ0v) is 15.6. The summed E-state index contributed by atoms with van der Waals surface area (Å²) in [4.78, 5) is 14.6. The first-order chi connectivity index (χ1) is 13.3. The van der Waals surface area contributed by atoms with E-state index in [9.17, 15) is 4.79 Å². The number of benzene rings is 1. The SMILES string of the molecule is O=C(NCCc1nnc2n1CCCCC2)N1CCOCC1c1ccccc1. The van der Waals surface area contributed by atoms with Crippen LogP contribution in [0.15, 0.2) is 30.3 Å². The Hall–Kier alpha value is -2.41. The summed E-state index contributed by atoms with van der Waals surface area (Å²) in [7, 11) is 0. The molecule has 7 nitrogen and oxygen atoms in total. The summed E-state index contributed by atoms with van der Waals surface area (Å²) >= 11 is 0. The van der Waals surface area contributed by atoms with Crippen molar-refractivity contribution < 1.29 is 9.53 Å². The van der Waals surface area contributed by atoms with E-state index >= 15 is 0 Å². The lowest BCUT2D eigenvalue weighted by molar-refractivity contribution is 0.0117. The molecule has 0 saturated carbocycles. The third-order valence-corrected chi connectivity index (χ3v) is 5.38. The number of hydrogen-bond donors (Lipinski definition) is 1. The Balaban J connectivity index is 1.35. The first-order valence-corrected chi connectivity index (χ1v) is 9.91. The molecule has 0 aliphatic carbocycles. The van der Waals surface area contributed by atoms with Crippen LogP contribution in [-0.2, 0) is 24.1 Å². The fourth-order valence-corrected chi connectivity index (χ4v) is 3.91. The van der Waals surface area contributed by atoms with Gasteiger partial charge in [-0.2, -0.15) is 0 Å². The van der Waals surface area contributed by atoms with E-state index in [2.05, 4.69) is 20.1 Å². The number of aromatic nitrogens is 3. The molecule has 0 radical (unpaired) electrons. The summed E-state index contributed by atoms with van der Waals surface area (Å²) < 4.78 is 7.85. The van der Waals surface area contributed by atoms with Crippen LogP contribution in [-0.4, -0.2) is 52.0 Å².